The number of anilines is 1. The zero-order valence-corrected chi connectivity index (χ0v) is 21.0. The average Bonchev–Trinajstić information content (AvgIpc) is 2.83. The zero-order chi connectivity index (χ0) is 24.8. The first-order chi connectivity index (χ1) is 16.5. The molecule has 182 valence electrons. The Balaban J connectivity index is 2.11. The molecule has 6 nitrogen and oxygen atoms in total. The number of hydrogen-bond acceptors (Lipinski definition) is 5. The Hall–Kier alpha value is -3.01. The van der Waals surface area contributed by atoms with Gasteiger partial charge in [-0.2, -0.15) is 0 Å². The summed E-state index contributed by atoms with van der Waals surface area (Å²) < 4.78 is 0. The minimum absolute atomic E-state index is 0.155. The fraction of sp³-hybridized carbons (Fsp3) is 0.464. The van der Waals surface area contributed by atoms with Crippen LogP contribution in [0.5, 0.6) is 0 Å². The molecular formula is C28H38N4O2. The quantitative estimate of drug-likeness (QED) is 0.346. The van der Waals surface area contributed by atoms with Crippen molar-refractivity contribution in [1.29, 1.82) is 0 Å². The Kier molecular flexibility index (Phi) is 12.0. The van der Waals surface area contributed by atoms with Crippen LogP contribution in [0.25, 0.3) is 11.1 Å². The number of pyridine rings is 1. The lowest BCUT2D eigenvalue weighted by Gasteiger charge is -2.18. The van der Waals surface area contributed by atoms with Crippen molar-refractivity contribution in [1.82, 2.24) is 15.2 Å². The van der Waals surface area contributed by atoms with E-state index in [1.165, 1.54) is 5.56 Å². The van der Waals surface area contributed by atoms with E-state index in [1.54, 1.807) is 0 Å². The molecule has 0 aliphatic carbocycles. The number of aromatic nitrogens is 1. The molecule has 0 radical (unpaired) electrons. The maximum absolute atomic E-state index is 12.7. The summed E-state index contributed by atoms with van der Waals surface area (Å²) in [6, 6.07) is 10.3. The van der Waals surface area contributed by atoms with Gasteiger partial charge in [0.05, 0.1) is 12.2 Å². The van der Waals surface area contributed by atoms with E-state index in [0.29, 0.717) is 24.3 Å². The molecule has 6 heteroatoms. The monoisotopic (exact) mass is 462 g/mol. The summed E-state index contributed by atoms with van der Waals surface area (Å²) in [5, 5.41) is 6.19. The molecule has 0 spiro atoms. The van der Waals surface area contributed by atoms with Crippen LogP contribution in [0.4, 0.5) is 5.69 Å². The first kappa shape index (κ1) is 27.2. The molecule has 1 aromatic heterocycles. The number of benzene rings is 1. The van der Waals surface area contributed by atoms with Gasteiger partial charge in [0.15, 0.2) is 0 Å². The van der Waals surface area contributed by atoms with Crippen LogP contribution in [0.1, 0.15) is 50.8 Å². The molecule has 2 N–H and O–H groups in total. The summed E-state index contributed by atoms with van der Waals surface area (Å²) in [6.45, 7) is 5.89. The maximum Gasteiger partial charge on any atom is 0.238 e. The van der Waals surface area contributed by atoms with Crippen LogP contribution in [0.2, 0.25) is 0 Å². The lowest BCUT2D eigenvalue weighted by atomic mass is 10.0. The van der Waals surface area contributed by atoms with E-state index in [-0.39, 0.29) is 18.4 Å². The minimum Gasteiger partial charge on any atom is -0.323 e. The first-order valence-electron chi connectivity index (χ1n) is 12.1. The van der Waals surface area contributed by atoms with Gasteiger partial charge in [0, 0.05) is 24.6 Å². The molecule has 0 saturated heterocycles. The maximum atomic E-state index is 12.7. The molecule has 1 heterocycles. The molecular weight excluding hydrogens is 424 g/mol. The number of rotatable bonds is 13. The van der Waals surface area contributed by atoms with Gasteiger partial charge in [0.25, 0.3) is 0 Å². The van der Waals surface area contributed by atoms with Crippen LogP contribution in [0, 0.1) is 17.8 Å². The van der Waals surface area contributed by atoms with Crippen molar-refractivity contribution in [2.75, 3.05) is 39.0 Å². The van der Waals surface area contributed by atoms with Gasteiger partial charge in [-0.1, -0.05) is 44.0 Å². The molecule has 2 rings (SSSR count). The van der Waals surface area contributed by atoms with Gasteiger partial charge in [-0.05, 0) is 75.5 Å². The largest absolute Gasteiger partial charge is 0.323 e. The Morgan fingerprint density at radius 3 is 2.74 bits per heavy atom. The Bertz CT molecular complexity index is 991. The van der Waals surface area contributed by atoms with E-state index >= 15 is 0 Å². The topological polar surface area (TPSA) is 74.3 Å². The van der Waals surface area contributed by atoms with E-state index in [1.807, 2.05) is 38.5 Å². The normalized spacial score (nSPS) is 11.6. The highest BCUT2D eigenvalue weighted by Crippen LogP contribution is 2.25. The summed E-state index contributed by atoms with van der Waals surface area (Å²) in [6.07, 6.45) is 6.86. The van der Waals surface area contributed by atoms with Gasteiger partial charge in [-0.15, -0.1) is 0 Å². The standard InChI is InChI=1S/C28H38N4O2/c1-5-7-8-12-26-27(18-25(20-30-26)24-11-9-10-22(6-2)17-24)31-28(34)21-29-19-23(14-16-33)13-15-32(3)4/h9-11,16-18,20,23,29H,5-7,13-15,19,21H2,1-4H3,(H,31,34). The Morgan fingerprint density at radius 1 is 1.21 bits per heavy atom. The van der Waals surface area contributed by atoms with E-state index in [2.05, 4.69) is 58.3 Å². The second-order valence-electron chi connectivity index (χ2n) is 8.77. The number of carbonyl (C=O) groups is 2. The highest BCUT2D eigenvalue weighted by Gasteiger charge is 2.12. The van der Waals surface area contributed by atoms with Crippen LogP contribution < -0.4 is 10.6 Å². The van der Waals surface area contributed by atoms with E-state index < -0.39 is 0 Å². The van der Waals surface area contributed by atoms with Crippen LogP contribution >= 0.6 is 0 Å². The van der Waals surface area contributed by atoms with Crippen molar-refractivity contribution < 1.29 is 9.59 Å². The van der Waals surface area contributed by atoms with Crippen LogP contribution in [0.3, 0.4) is 0 Å². The molecule has 0 aliphatic heterocycles. The molecule has 1 amide bonds. The second kappa shape index (κ2) is 15.0. The van der Waals surface area contributed by atoms with Gasteiger partial charge in [0.1, 0.15) is 12.0 Å². The van der Waals surface area contributed by atoms with Gasteiger partial charge >= 0.3 is 0 Å². The molecule has 0 saturated carbocycles. The van der Waals surface area contributed by atoms with Crippen molar-refractivity contribution in [2.45, 2.75) is 46.0 Å². The smallest absolute Gasteiger partial charge is 0.238 e. The van der Waals surface area contributed by atoms with Gasteiger partial charge in [-0.3, -0.25) is 4.79 Å². The SMILES string of the molecule is CCCC#Cc1ncc(-c2cccc(CC)c2)cc1NC(=O)CNCC(CC=O)CCN(C)C. The number of nitrogens with zero attached hydrogens (tertiary/aromatic N) is 2. The van der Waals surface area contributed by atoms with Crippen LogP contribution in [0.15, 0.2) is 36.5 Å². The third-order valence-electron chi connectivity index (χ3n) is 5.54. The molecule has 1 atom stereocenters. The highest BCUT2D eigenvalue weighted by molar-refractivity contribution is 5.94. The predicted octanol–water partition coefficient (Wildman–Crippen LogP) is 4.15. The summed E-state index contributed by atoms with van der Waals surface area (Å²) >= 11 is 0. The molecule has 2 aromatic rings. The Morgan fingerprint density at radius 2 is 2.03 bits per heavy atom. The molecule has 34 heavy (non-hydrogen) atoms. The fourth-order valence-electron chi connectivity index (χ4n) is 3.52. The summed E-state index contributed by atoms with van der Waals surface area (Å²) in [7, 11) is 4.03. The Labute approximate surface area is 204 Å². The third-order valence-corrected chi connectivity index (χ3v) is 5.54. The average molecular weight is 463 g/mol. The predicted molar refractivity (Wildman–Crippen MR) is 140 cm³/mol. The molecule has 1 unspecified atom stereocenters. The second-order valence-corrected chi connectivity index (χ2v) is 8.77. The van der Waals surface area contributed by atoms with Gasteiger partial charge in [-0.25, -0.2) is 4.98 Å². The van der Waals surface area contributed by atoms with Crippen molar-refractivity contribution in [3.63, 3.8) is 0 Å². The van der Waals surface area contributed by atoms with Gasteiger partial charge in [0.2, 0.25) is 5.91 Å². The van der Waals surface area contributed by atoms with Crippen LogP contribution in [-0.2, 0) is 16.0 Å². The van der Waals surface area contributed by atoms with Gasteiger partial charge < -0.3 is 20.3 Å². The molecule has 1 aromatic carbocycles. The van der Waals surface area contributed by atoms with Crippen molar-refractivity contribution in [3.05, 3.63) is 47.8 Å². The number of aldehydes is 1. The van der Waals surface area contributed by atoms with E-state index in [0.717, 1.165) is 49.6 Å². The summed E-state index contributed by atoms with van der Waals surface area (Å²) in [5.41, 5.74) is 4.44. The fourth-order valence-corrected chi connectivity index (χ4v) is 3.52. The number of hydrogen-bond donors (Lipinski definition) is 2. The van der Waals surface area contributed by atoms with E-state index in [9.17, 15) is 9.59 Å². The molecule has 0 aliphatic rings. The van der Waals surface area contributed by atoms with Crippen molar-refractivity contribution >= 4 is 17.9 Å². The number of nitrogens with one attached hydrogen (secondary N) is 2. The first-order valence-corrected chi connectivity index (χ1v) is 12.1. The zero-order valence-electron chi connectivity index (χ0n) is 21.0. The minimum atomic E-state index is -0.155. The third kappa shape index (κ3) is 9.46. The van der Waals surface area contributed by atoms with Crippen molar-refractivity contribution in [3.8, 4) is 23.0 Å². The van der Waals surface area contributed by atoms with Crippen LogP contribution in [-0.4, -0.2) is 55.8 Å². The molecule has 0 bridgehead atoms. The summed E-state index contributed by atoms with van der Waals surface area (Å²) in [5.74, 6) is 6.27. The number of carbonyl (C=O) groups excluding carboxylic acids is 2. The highest BCUT2D eigenvalue weighted by atomic mass is 16.2. The van der Waals surface area contributed by atoms with Crippen molar-refractivity contribution in [2.24, 2.45) is 5.92 Å². The van der Waals surface area contributed by atoms with E-state index in [4.69, 9.17) is 0 Å². The number of unbranched alkanes of at least 4 members (excludes halogenated alkanes) is 1. The number of amides is 1. The number of aryl methyl sites for hydroxylation is 1. The lowest BCUT2D eigenvalue weighted by Crippen LogP contribution is -2.33. The summed E-state index contributed by atoms with van der Waals surface area (Å²) in [4.78, 5) is 30.4. The lowest BCUT2D eigenvalue weighted by molar-refractivity contribution is -0.115. The molecule has 0 fully saturated rings.